The van der Waals surface area contributed by atoms with Gasteiger partial charge in [-0.25, -0.2) is 9.18 Å². The molecule has 0 bridgehead atoms. The highest BCUT2D eigenvalue weighted by molar-refractivity contribution is 9.10. The predicted molar refractivity (Wildman–Crippen MR) is 84.2 cm³/mol. The maximum atomic E-state index is 13.7. The Bertz CT molecular complexity index is 701. The number of carbonyl (C=O) groups is 2. The Labute approximate surface area is 135 Å². The van der Waals surface area contributed by atoms with Gasteiger partial charge < -0.3 is 10.1 Å². The summed E-state index contributed by atoms with van der Waals surface area (Å²) >= 11 is 3.31. The van der Waals surface area contributed by atoms with Gasteiger partial charge in [0.15, 0.2) is 0 Å². The third-order valence-electron chi connectivity index (χ3n) is 2.94. The minimum atomic E-state index is -0.614. The molecule has 0 spiro atoms. The van der Waals surface area contributed by atoms with Crippen LogP contribution in [-0.2, 0) is 16.0 Å². The van der Waals surface area contributed by atoms with Crippen molar-refractivity contribution in [2.75, 3.05) is 12.4 Å². The molecule has 0 fully saturated rings. The summed E-state index contributed by atoms with van der Waals surface area (Å²) in [4.78, 5) is 23.4. The largest absolute Gasteiger partial charge is 0.465 e. The van der Waals surface area contributed by atoms with Crippen LogP contribution in [0.1, 0.15) is 15.9 Å². The van der Waals surface area contributed by atoms with E-state index in [-0.39, 0.29) is 23.6 Å². The lowest BCUT2D eigenvalue weighted by atomic mass is 10.1. The van der Waals surface area contributed by atoms with Crippen molar-refractivity contribution in [2.45, 2.75) is 6.42 Å². The van der Waals surface area contributed by atoms with Crippen LogP contribution in [0.15, 0.2) is 46.9 Å². The second-order valence-electron chi connectivity index (χ2n) is 4.54. The van der Waals surface area contributed by atoms with E-state index in [4.69, 9.17) is 0 Å². The molecule has 2 aromatic carbocycles. The number of anilines is 1. The highest BCUT2D eigenvalue weighted by atomic mass is 79.9. The van der Waals surface area contributed by atoms with E-state index >= 15 is 0 Å². The molecule has 0 aliphatic carbocycles. The Balaban J connectivity index is 2.10. The van der Waals surface area contributed by atoms with Gasteiger partial charge in [0.2, 0.25) is 5.91 Å². The zero-order valence-corrected chi connectivity index (χ0v) is 13.3. The summed E-state index contributed by atoms with van der Waals surface area (Å²) in [5, 5.41) is 2.46. The van der Waals surface area contributed by atoms with Crippen LogP contribution in [-0.4, -0.2) is 19.0 Å². The minimum absolute atomic E-state index is 0.0509. The average molecular weight is 366 g/mol. The Kier molecular flexibility index (Phi) is 5.27. The van der Waals surface area contributed by atoms with Gasteiger partial charge in [-0.1, -0.05) is 28.1 Å². The lowest BCUT2D eigenvalue weighted by Crippen LogP contribution is -2.16. The van der Waals surface area contributed by atoms with Gasteiger partial charge >= 0.3 is 5.97 Å². The predicted octanol–water partition coefficient (Wildman–Crippen LogP) is 3.56. The van der Waals surface area contributed by atoms with Gasteiger partial charge in [-0.05, 0) is 35.9 Å². The lowest BCUT2D eigenvalue weighted by molar-refractivity contribution is -0.115. The molecule has 0 saturated carbocycles. The molecule has 0 aliphatic heterocycles. The molecule has 2 rings (SSSR count). The maximum Gasteiger partial charge on any atom is 0.337 e. The third kappa shape index (κ3) is 4.14. The molecule has 0 saturated heterocycles. The zero-order chi connectivity index (χ0) is 16.1. The number of nitrogens with one attached hydrogen (secondary N) is 1. The van der Waals surface area contributed by atoms with E-state index in [1.54, 1.807) is 12.1 Å². The summed E-state index contributed by atoms with van der Waals surface area (Å²) < 4.78 is 19.2. The maximum absolute atomic E-state index is 13.7. The zero-order valence-electron chi connectivity index (χ0n) is 11.7. The van der Waals surface area contributed by atoms with Crippen molar-refractivity contribution < 1.29 is 18.7 Å². The number of amides is 1. The summed E-state index contributed by atoms with van der Waals surface area (Å²) in [5.74, 6) is -1.58. The van der Waals surface area contributed by atoms with Crippen LogP contribution in [0.25, 0.3) is 0 Å². The number of hydrogen-bond donors (Lipinski definition) is 1. The topological polar surface area (TPSA) is 55.4 Å². The summed E-state index contributed by atoms with van der Waals surface area (Å²) in [6.45, 7) is 0. The van der Waals surface area contributed by atoms with E-state index in [0.717, 1.165) is 16.1 Å². The quantitative estimate of drug-likeness (QED) is 0.842. The van der Waals surface area contributed by atoms with E-state index in [0.29, 0.717) is 0 Å². The van der Waals surface area contributed by atoms with E-state index < -0.39 is 11.8 Å². The standard InChI is InChI=1S/C16H13BrFNO3/c1-22-16(21)11-4-7-13(18)14(9-11)19-15(20)8-10-2-5-12(17)6-3-10/h2-7,9H,8H2,1H3,(H,19,20). The first-order chi connectivity index (χ1) is 10.5. The molecule has 0 radical (unpaired) electrons. The minimum Gasteiger partial charge on any atom is -0.465 e. The Morgan fingerprint density at radius 2 is 1.86 bits per heavy atom. The number of ether oxygens (including phenoxy) is 1. The molecule has 0 heterocycles. The van der Waals surface area contributed by atoms with Crippen molar-refractivity contribution in [1.82, 2.24) is 0 Å². The first-order valence-electron chi connectivity index (χ1n) is 6.42. The molecule has 0 aliphatic rings. The first kappa shape index (κ1) is 16.2. The first-order valence-corrected chi connectivity index (χ1v) is 7.21. The van der Waals surface area contributed by atoms with Gasteiger partial charge in [0.1, 0.15) is 5.82 Å². The third-order valence-corrected chi connectivity index (χ3v) is 3.47. The van der Waals surface area contributed by atoms with Crippen LogP contribution < -0.4 is 5.32 Å². The molecule has 22 heavy (non-hydrogen) atoms. The average Bonchev–Trinajstić information content (AvgIpc) is 2.51. The monoisotopic (exact) mass is 365 g/mol. The summed E-state index contributed by atoms with van der Waals surface area (Å²) in [6.07, 6.45) is 0.106. The van der Waals surface area contributed by atoms with Gasteiger partial charge in [0.05, 0.1) is 24.8 Å². The van der Waals surface area contributed by atoms with Gasteiger partial charge in [-0.2, -0.15) is 0 Å². The van der Waals surface area contributed by atoms with Crippen LogP contribution in [0.3, 0.4) is 0 Å². The highest BCUT2D eigenvalue weighted by Gasteiger charge is 2.12. The van der Waals surface area contributed by atoms with Crippen molar-refractivity contribution in [2.24, 2.45) is 0 Å². The van der Waals surface area contributed by atoms with Crippen molar-refractivity contribution in [1.29, 1.82) is 0 Å². The lowest BCUT2D eigenvalue weighted by Gasteiger charge is -2.08. The number of carbonyl (C=O) groups excluding carboxylic acids is 2. The van der Waals surface area contributed by atoms with Gasteiger partial charge in [-0.15, -0.1) is 0 Å². The fourth-order valence-electron chi connectivity index (χ4n) is 1.85. The van der Waals surface area contributed by atoms with Crippen LogP contribution in [0.2, 0.25) is 0 Å². The molecular formula is C16H13BrFNO3. The smallest absolute Gasteiger partial charge is 0.337 e. The fourth-order valence-corrected chi connectivity index (χ4v) is 2.11. The second kappa shape index (κ2) is 7.17. The van der Waals surface area contributed by atoms with Crippen molar-refractivity contribution >= 4 is 33.5 Å². The van der Waals surface area contributed by atoms with Crippen LogP contribution >= 0.6 is 15.9 Å². The van der Waals surface area contributed by atoms with Crippen molar-refractivity contribution in [3.63, 3.8) is 0 Å². The summed E-state index contributed by atoms with van der Waals surface area (Å²) in [7, 11) is 1.23. The number of methoxy groups -OCH3 is 1. The number of esters is 1. The van der Waals surface area contributed by atoms with E-state index in [9.17, 15) is 14.0 Å². The van der Waals surface area contributed by atoms with Crippen molar-refractivity contribution in [3.05, 3.63) is 63.9 Å². The highest BCUT2D eigenvalue weighted by Crippen LogP contribution is 2.18. The number of hydrogen-bond acceptors (Lipinski definition) is 3. The molecule has 1 amide bonds. The molecule has 4 nitrogen and oxygen atoms in total. The second-order valence-corrected chi connectivity index (χ2v) is 5.45. The van der Waals surface area contributed by atoms with Crippen LogP contribution in [0, 0.1) is 5.82 Å². The van der Waals surface area contributed by atoms with Gasteiger partial charge in [0.25, 0.3) is 0 Å². The Morgan fingerprint density at radius 1 is 1.18 bits per heavy atom. The van der Waals surface area contributed by atoms with E-state index in [1.807, 2.05) is 12.1 Å². The number of halogens is 2. The molecule has 1 N–H and O–H groups in total. The molecule has 2 aromatic rings. The van der Waals surface area contributed by atoms with Gasteiger partial charge in [0, 0.05) is 4.47 Å². The SMILES string of the molecule is COC(=O)c1ccc(F)c(NC(=O)Cc2ccc(Br)cc2)c1. The Morgan fingerprint density at radius 3 is 2.50 bits per heavy atom. The number of rotatable bonds is 4. The van der Waals surface area contributed by atoms with Gasteiger partial charge in [-0.3, -0.25) is 4.79 Å². The molecule has 0 atom stereocenters. The summed E-state index contributed by atoms with van der Waals surface area (Å²) in [6, 6.07) is 10.9. The molecule has 6 heteroatoms. The number of benzene rings is 2. The van der Waals surface area contributed by atoms with Crippen LogP contribution in [0.4, 0.5) is 10.1 Å². The molecule has 114 valence electrons. The molecule has 0 unspecified atom stereocenters. The molecular weight excluding hydrogens is 353 g/mol. The summed E-state index contributed by atoms with van der Waals surface area (Å²) in [5.41, 5.74) is 0.915. The Hall–Kier alpha value is -2.21. The molecule has 0 aromatic heterocycles. The van der Waals surface area contributed by atoms with Crippen LogP contribution in [0.5, 0.6) is 0 Å². The van der Waals surface area contributed by atoms with E-state index in [1.165, 1.54) is 19.2 Å². The van der Waals surface area contributed by atoms with Crippen molar-refractivity contribution in [3.8, 4) is 0 Å². The normalized spacial score (nSPS) is 10.1. The van der Waals surface area contributed by atoms with E-state index in [2.05, 4.69) is 26.0 Å². The fraction of sp³-hybridized carbons (Fsp3) is 0.125.